The van der Waals surface area contributed by atoms with Gasteiger partial charge in [0.25, 0.3) is 6.02 Å². The van der Waals surface area contributed by atoms with Crippen LogP contribution in [-0.2, 0) is 11.2 Å². The zero-order chi connectivity index (χ0) is 24.9. The Morgan fingerprint density at radius 2 is 1.50 bits per heavy atom. The van der Waals surface area contributed by atoms with Crippen LogP contribution in [0, 0.1) is 11.3 Å². The fourth-order valence-corrected chi connectivity index (χ4v) is 5.62. The van der Waals surface area contributed by atoms with Gasteiger partial charge in [-0.1, -0.05) is 72.8 Å². The highest BCUT2D eigenvalue weighted by molar-refractivity contribution is 5.87. The van der Waals surface area contributed by atoms with Gasteiger partial charge in [-0.2, -0.15) is 0 Å². The highest BCUT2D eigenvalue weighted by Crippen LogP contribution is 2.36. The van der Waals surface area contributed by atoms with Crippen molar-refractivity contribution in [3.63, 3.8) is 0 Å². The van der Waals surface area contributed by atoms with E-state index >= 15 is 0 Å². The summed E-state index contributed by atoms with van der Waals surface area (Å²) in [6.07, 6.45) is 3.56. The van der Waals surface area contributed by atoms with Gasteiger partial charge in [0, 0.05) is 13.1 Å². The quantitative estimate of drug-likeness (QED) is 0.402. The predicted molar refractivity (Wildman–Crippen MR) is 140 cm³/mol. The van der Waals surface area contributed by atoms with E-state index in [-0.39, 0.29) is 12.1 Å². The van der Waals surface area contributed by atoms with Crippen molar-refractivity contribution in [1.29, 1.82) is 5.41 Å². The van der Waals surface area contributed by atoms with Crippen molar-refractivity contribution >= 4 is 12.0 Å². The second-order valence-corrected chi connectivity index (χ2v) is 9.73. The molecule has 6 heteroatoms. The molecule has 2 unspecified atom stereocenters. The molecule has 3 fully saturated rings. The number of nitrogens with zero attached hydrogens (tertiary/aromatic N) is 2. The van der Waals surface area contributed by atoms with Gasteiger partial charge in [0.2, 0.25) is 0 Å². The number of nitrogens with one attached hydrogen (secondary N) is 1. The number of hydrogen-bond acceptors (Lipinski definition) is 4. The lowest BCUT2D eigenvalue weighted by atomic mass is 9.86. The van der Waals surface area contributed by atoms with Gasteiger partial charge >= 0.3 is 5.97 Å². The summed E-state index contributed by atoms with van der Waals surface area (Å²) in [5.41, 5.74) is 4.25. The minimum Gasteiger partial charge on any atom is -0.478 e. The van der Waals surface area contributed by atoms with E-state index < -0.39 is 5.97 Å². The van der Waals surface area contributed by atoms with E-state index in [4.69, 9.17) is 15.3 Å². The van der Waals surface area contributed by atoms with Crippen LogP contribution in [0.15, 0.2) is 84.9 Å². The van der Waals surface area contributed by atoms with Crippen LogP contribution >= 0.6 is 0 Å². The minimum atomic E-state index is -0.879. The van der Waals surface area contributed by atoms with E-state index in [1.54, 1.807) is 30.3 Å². The van der Waals surface area contributed by atoms with Gasteiger partial charge in [-0.3, -0.25) is 10.3 Å². The third-order valence-electron chi connectivity index (χ3n) is 7.54. The lowest BCUT2D eigenvalue weighted by Crippen LogP contribution is -2.53. The summed E-state index contributed by atoms with van der Waals surface area (Å²) >= 11 is 0. The summed E-state index contributed by atoms with van der Waals surface area (Å²) in [5, 5.41) is 17.2. The first-order chi connectivity index (χ1) is 17.6. The number of benzene rings is 3. The van der Waals surface area contributed by atoms with Gasteiger partial charge in [0.05, 0.1) is 11.6 Å². The molecule has 36 heavy (non-hydrogen) atoms. The van der Waals surface area contributed by atoms with Crippen molar-refractivity contribution in [3.05, 3.63) is 107 Å². The van der Waals surface area contributed by atoms with Crippen LogP contribution in [0.25, 0.3) is 0 Å². The number of piperidine rings is 3. The summed E-state index contributed by atoms with van der Waals surface area (Å²) in [6, 6.07) is 27.9. The van der Waals surface area contributed by atoms with Crippen LogP contribution in [0.1, 0.15) is 45.9 Å². The van der Waals surface area contributed by atoms with Crippen molar-refractivity contribution in [2.75, 3.05) is 26.2 Å². The number of carbonyl (C=O) groups is 1. The Kier molecular flexibility index (Phi) is 7.33. The number of amidine groups is 1. The molecule has 186 valence electrons. The number of carboxylic acid groups (broad SMARTS) is 1. The standard InChI is InChI=1S/C23H27N3O.C7H6O2/c24-23(27-21-16-25-13-10-18(21)11-14-25)26-15-12-17-6-4-5-9-20(17)22(26)19-7-2-1-3-8-19;8-7(9)6-4-2-1-3-5-6/h1-9,18,21-22,24H,10-16H2;1-5H,(H,8,9). The number of hydrogen-bond donors (Lipinski definition) is 2. The van der Waals surface area contributed by atoms with E-state index in [2.05, 4.69) is 64.4 Å². The summed E-state index contributed by atoms with van der Waals surface area (Å²) in [7, 11) is 0. The Bertz CT molecular complexity index is 1180. The molecule has 3 aromatic rings. The molecule has 4 aliphatic heterocycles. The molecule has 0 radical (unpaired) electrons. The second-order valence-electron chi connectivity index (χ2n) is 9.73. The first-order valence-corrected chi connectivity index (χ1v) is 12.8. The molecular weight excluding hydrogens is 450 g/mol. The van der Waals surface area contributed by atoms with Crippen molar-refractivity contribution in [2.45, 2.75) is 31.4 Å². The van der Waals surface area contributed by atoms with E-state index in [0.717, 1.165) is 19.5 Å². The zero-order valence-electron chi connectivity index (χ0n) is 20.4. The maximum Gasteiger partial charge on any atom is 0.335 e. The van der Waals surface area contributed by atoms with Crippen LogP contribution in [0.5, 0.6) is 0 Å². The topological polar surface area (TPSA) is 76.9 Å². The predicted octanol–water partition coefficient (Wildman–Crippen LogP) is 5.06. The molecule has 6 nitrogen and oxygen atoms in total. The summed E-state index contributed by atoms with van der Waals surface area (Å²) < 4.78 is 6.30. The molecule has 2 bridgehead atoms. The lowest BCUT2D eigenvalue weighted by Gasteiger charge is -2.46. The van der Waals surface area contributed by atoms with E-state index in [9.17, 15) is 4.79 Å². The molecule has 2 N–H and O–H groups in total. The number of ether oxygens (including phenoxy) is 1. The van der Waals surface area contributed by atoms with Gasteiger partial charge in [0.15, 0.2) is 0 Å². The number of rotatable bonds is 3. The van der Waals surface area contributed by atoms with Crippen LogP contribution in [-0.4, -0.2) is 59.2 Å². The maximum atomic E-state index is 10.2. The minimum absolute atomic E-state index is 0.0599. The van der Waals surface area contributed by atoms with Crippen LogP contribution in [0.3, 0.4) is 0 Å². The van der Waals surface area contributed by atoms with E-state index in [1.165, 1.54) is 42.6 Å². The first-order valence-electron chi connectivity index (χ1n) is 12.8. The molecular formula is C30H33N3O3. The van der Waals surface area contributed by atoms with Crippen LogP contribution in [0.4, 0.5) is 0 Å². The fraction of sp³-hybridized carbons (Fsp3) is 0.333. The Morgan fingerprint density at radius 1 is 0.861 bits per heavy atom. The Hall–Kier alpha value is -3.64. The third-order valence-corrected chi connectivity index (χ3v) is 7.54. The Labute approximate surface area is 212 Å². The van der Waals surface area contributed by atoms with Crippen LogP contribution < -0.4 is 0 Å². The van der Waals surface area contributed by atoms with E-state index in [1.807, 2.05) is 0 Å². The highest BCUT2D eigenvalue weighted by Gasteiger charge is 2.38. The Morgan fingerprint density at radius 3 is 2.11 bits per heavy atom. The molecule has 4 aliphatic rings. The first kappa shape index (κ1) is 24.1. The molecule has 0 saturated carbocycles. The van der Waals surface area contributed by atoms with Crippen molar-refractivity contribution in [2.24, 2.45) is 5.92 Å². The summed E-state index contributed by atoms with van der Waals surface area (Å²) in [4.78, 5) is 14.8. The SMILES string of the molecule is N=C(OC1CN2CCC1CC2)N1CCc2ccccc2C1c1ccccc1.O=C(O)c1ccccc1. The molecule has 0 spiro atoms. The molecule has 4 heterocycles. The van der Waals surface area contributed by atoms with Gasteiger partial charge in [-0.15, -0.1) is 0 Å². The molecule has 7 rings (SSSR count). The summed E-state index contributed by atoms with van der Waals surface area (Å²) in [6.45, 7) is 4.20. The fourth-order valence-electron chi connectivity index (χ4n) is 5.62. The third kappa shape index (κ3) is 5.29. The monoisotopic (exact) mass is 483 g/mol. The molecule has 2 atom stereocenters. The van der Waals surface area contributed by atoms with Gasteiger partial charge in [0.1, 0.15) is 6.10 Å². The van der Waals surface area contributed by atoms with Gasteiger partial charge in [-0.05, 0) is 67.1 Å². The summed E-state index contributed by atoms with van der Waals surface area (Å²) in [5.74, 6) is -0.266. The number of fused-ring (bicyclic) bond motifs is 4. The number of aromatic carboxylic acids is 1. The van der Waals surface area contributed by atoms with Crippen molar-refractivity contribution in [3.8, 4) is 0 Å². The van der Waals surface area contributed by atoms with Gasteiger partial charge < -0.3 is 14.7 Å². The lowest BCUT2D eigenvalue weighted by molar-refractivity contribution is -0.0256. The van der Waals surface area contributed by atoms with E-state index in [0.29, 0.717) is 17.5 Å². The second kappa shape index (κ2) is 11.0. The van der Waals surface area contributed by atoms with Crippen molar-refractivity contribution in [1.82, 2.24) is 9.80 Å². The molecule has 0 amide bonds. The largest absolute Gasteiger partial charge is 0.478 e. The maximum absolute atomic E-state index is 10.2. The average molecular weight is 484 g/mol. The average Bonchev–Trinajstić information content (AvgIpc) is 2.94. The number of carboxylic acids is 1. The molecule has 3 aromatic carbocycles. The van der Waals surface area contributed by atoms with Gasteiger partial charge in [-0.25, -0.2) is 4.79 Å². The Balaban J connectivity index is 0.000000252. The molecule has 0 aromatic heterocycles. The molecule has 0 aliphatic carbocycles. The smallest absolute Gasteiger partial charge is 0.335 e. The normalized spacial score (nSPS) is 24.2. The highest BCUT2D eigenvalue weighted by atomic mass is 16.5. The van der Waals surface area contributed by atoms with Crippen molar-refractivity contribution < 1.29 is 14.6 Å². The van der Waals surface area contributed by atoms with Crippen LogP contribution in [0.2, 0.25) is 0 Å². The molecule has 3 saturated heterocycles. The zero-order valence-corrected chi connectivity index (χ0v) is 20.4.